The molecule has 3 fully saturated rings. The van der Waals surface area contributed by atoms with Crippen LogP contribution in [0, 0.1) is 5.82 Å². The molecule has 0 saturated carbocycles. The summed E-state index contributed by atoms with van der Waals surface area (Å²) >= 11 is 0. The first kappa shape index (κ1) is 19.3. The summed E-state index contributed by atoms with van der Waals surface area (Å²) < 4.78 is 14.5. The van der Waals surface area contributed by atoms with Gasteiger partial charge in [-0.25, -0.2) is 14.0 Å². The van der Waals surface area contributed by atoms with Crippen LogP contribution in [0.25, 0.3) is 0 Å². The maximum absolute atomic E-state index is 14.5. The number of urea groups is 2. The fourth-order valence-corrected chi connectivity index (χ4v) is 4.27. The first-order chi connectivity index (χ1) is 13.9. The van der Waals surface area contributed by atoms with E-state index >= 15 is 0 Å². The smallest absolute Gasteiger partial charge is 0.323 e. The number of nitrogens with one attached hydrogen (secondary N) is 2. The van der Waals surface area contributed by atoms with Crippen molar-refractivity contribution in [3.63, 3.8) is 0 Å². The van der Waals surface area contributed by atoms with E-state index in [1.165, 1.54) is 20.8 Å². The molecular formula is C19H25FN6O3. The number of anilines is 2. The summed E-state index contributed by atoms with van der Waals surface area (Å²) in [6.45, 7) is 1.42. The van der Waals surface area contributed by atoms with Crippen molar-refractivity contribution in [2.24, 2.45) is 0 Å². The molecule has 0 aliphatic carbocycles. The van der Waals surface area contributed by atoms with Gasteiger partial charge in [0.15, 0.2) is 0 Å². The average molecular weight is 404 g/mol. The van der Waals surface area contributed by atoms with Gasteiger partial charge < -0.3 is 25.3 Å². The molecule has 29 heavy (non-hydrogen) atoms. The van der Waals surface area contributed by atoms with Crippen LogP contribution in [0.15, 0.2) is 18.2 Å². The highest BCUT2D eigenvalue weighted by Gasteiger charge is 2.52. The molecule has 1 aromatic carbocycles. The van der Waals surface area contributed by atoms with Crippen LogP contribution in [0.4, 0.5) is 25.4 Å². The minimum atomic E-state index is -0.566. The lowest BCUT2D eigenvalue weighted by Crippen LogP contribution is -2.47. The predicted octanol–water partition coefficient (Wildman–Crippen LogP) is 1.43. The largest absolute Gasteiger partial charge is 0.369 e. The molecule has 0 bridgehead atoms. The molecule has 3 saturated heterocycles. The van der Waals surface area contributed by atoms with Crippen molar-refractivity contribution >= 4 is 29.3 Å². The van der Waals surface area contributed by atoms with Crippen molar-refractivity contribution in [1.29, 1.82) is 0 Å². The van der Waals surface area contributed by atoms with Crippen molar-refractivity contribution in [3.05, 3.63) is 24.0 Å². The molecule has 156 valence electrons. The molecule has 0 spiro atoms. The molecule has 2 N–H and O–H groups in total. The summed E-state index contributed by atoms with van der Waals surface area (Å²) in [5.74, 6) is -0.840. The zero-order valence-electron chi connectivity index (χ0n) is 16.5. The lowest BCUT2D eigenvalue weighted by molar-refractivity contribution is -0.117. The van der Waals surface area contributed by atoms with Gasteiger partial charge in [-0.3, -0.25) is 9.69 Å². The average Bonchev–Trinajstić information content (AvgIpc) is 3.12. The maximum Gasteiger partial charge on any atom is 0.323 e. The molecule has 9 nitrogen and oxygen atoms in total. The van der Waals surface area contributed by atoms with Gasteiger partial charge in [0.05, 0.1) is 5.69 Å². The normalized spacial score (nSPS) is 24.1. The molecular weight excluding hydrogens is 379 g/mol. The third kappa shape index (κ3) is 3.43. The van der Waals surface area contributed by atoms with Gasteiger partial charge >= 0.3 is 12.1 Å². The SMILES string of the molecule is CN1C(=O)N(C)[C@H]2[C@H]1NC(=O)N2CC(=O)Nc1ccc(N2CCCCC2)c(F)c1. The van der Waals surface area contributed by atoms with E-state index in [0.29, 0.717) is 11.4 Å². The molecule has 5 amide bonds. The predicted molar refractivity (Wildman–Crippen MR) is 105 cm³/mol. The Morgan fingerprint density at radius 2 is 1.90 bits per heavy atom. The number of benzene rings is 1. The molecule has 1 aromatic rings. The number of fused-ring (bicyclic) bond motifs is 1. The van der Waals surface area contributed by atoms with Gasteiger partial charge in [0, 0.05) is 32.9 Å². The summed E-state index contributed by atoms with van der Waals surface area (Å²) in [5, 5.41) is 5.34. The number of likely N-dealkylation sites (N-methyl/N-ethyl adjacent to an activating group) is 2. The number of halogens is 1. The Hall–Kier alpha value is -3.04. The molecule has 0 unspecified atom stereocenters. The number of carbonyl (C=O) groups excluding carboxylic acids is 3. The first-order valence-electron chi connectivity index (χ1n) is 9.78. The molecule has 2 atom stereocenters. The summed E-state index contributed by atoms with van der Waals surface area (Å²) in [7, 11) is 3.18. The van der Waals surface area contributed by atoms with E-state index in [1.807, 2.05) is 4.90 Å². The van der Waals surface area contributed by atoms with E-state index in [-0.39, 0.29) is 18.4 Å². The Morgan fingerprint density at radius 3 is 2.59 bits per heavy atom. The lowest BCUT2D eigenvalue weighted by atomic mass is 10.1. The van der Waals surface area contributed by atoms with Gasteiger partial charge in [-0.2, -0.15) is 0 Å². The van der Waals surface area contributed by atoms with Gasteiger partial charge in [-0.05, 0) is 37.5 Å². The summed E-state index contributed by atoms with van der Waals surface area (Å²) in [6.07, 6.45) is 2.18. The number of carbonyl (C=O) groups is 3. The van der Waals surface area contributed by atoms with Gasteiger partial charge in [-0.15, -0.1) is 0 Å². The van der Waals surface area contributed by atoms with Gasteiger partial charge in [0.1, 0.15) is 24.7 Å². The van der Waals surface area contributed by atoms with E-state index < -0.39 is 24.3 Å². The fourth-order valence-electron chi connectivity index (χ4n) is 4.27. The Morgan fingerprint density at radius 1 is 1.17 bits per heavy atom. The van der Waals surface area contributed by atoms with Crippen molar-refractivity contribution in [1.82, 2.24) is 20.0 Å². The van der Waals surface area contributed by atoms with Crippen LogP contribution in [0.1, 0.15) is 19.3 Å². The van der Waals surface area contributed by atoms with Crippen LogP contribution in [-0.4, -0.2) is 78.7 Å². The van der Waals surface area contributed by atoms with Crippen molar-refractivity contribution in [2.75, 3.05) is 43.9 Å². The van der Waals surface area contributed by atoms with Gasteiger partial charge in [0.25, 0.3) is 0 Å². The highest BCUT2D eigenvalue weighted by Crippen LogP contribution is 2.27. The third-order valence-electron chi connectivity index (χ3n) is 5.79. The number of piperidine rings is 1. The van der Waals surface area contributed by atoms with E-state index in [4.69, 9.17) is 0 Å². The van der Waals surface area contributed by atoms with Gasteiger partial charge in [-0.1, -0.05) is 0 Å². The van der Waals surface area contributed by atoms with Crippen LogP contribution in [0.5, 0.6) is 0 Å². The van der Waals surface area contributed by atoms with E-state index in [2.05, 4.69) is 10.6 Å². The third-order valence-corrected chi connectivity index (χ3v) is 5.79. The molecule has 4 rings (SSSR count). The Bertz CT molecular complexity index is 843. The molecule has 3 heterocycles. The second-order valence-electron chi connectivity index (χ2n) is 7.70. The van der Waals surface area contributed by atoms with E-state index in [1.54, 1.807) is 26.2 Å². The zero-order valence-corrected chi connectivity index (χ0v) is 16.5. The van der Waals surface area contributed by atoms with Crippen molar-refractivity contribution in [2.45, 2.75) is 31.6 Å². The van der Waals surface area contributed by atoms with Crippen LogP contribution < -0.4 is 15.5 Å². The summed E-state index contributed by atoms with van der Waals surface area (Å²) in [4.78, 5) is 43.0. The fraction of sp³-hybridized carbons (Fsp3) is 0.526. The van der Waals surface area contributed by atoms with E-state index in [0.717, 1.165) is 32.4 Å². The Kier molecular flexibility index (Phi) is 4.93. The highest BCUT2D eigenvalue weighted by atomic mass is 19.1. The van der Waals surface area contributed by atoms with E-state index in [9.17, 15) is 18.8 Å². The van der Waals surface area contributed by atoms with Crippen molar-refractivity contribution in [3.8, 4) is 0 Å². The Balaban J connectivity index is 1.41. The quantitative estimate of drug-likeness (QED) is 0.795. The van der Waals surface area contributed by atoms with Crippen LogP contribution in [0.2, 0.25) is 0 Å². The second-order valence-corrected chi connectivity index (χ2v) is 7.70. The molecule has 10 heteroatoms. The monoisotopic (exact) mass is 404 g/mol. The zero-order chi connectivity index (χ0) is 20.7. The Labute approximate surface area is 168 Å². The lowest BCUT2D eigenvalue weighted by Gasteiger charge is -2.29. The minimum absolute atomic E-state index is 0.235. The maximum atomic E-state index is 14.5. The highest BCUT2D eigenvalue weighted by molar-refractivity contribution is 5.95. The van der Waals surface area contributed by atoms with Crippen molar-refractivity contribution < 1.29 is 18.8 Å². The number of nitrogens with zero attached hydrogens (tertiary/aromatic N) is 4. The molecule has 3 aliphatic heterocycles. The first-order valence-corrected chi connectivity index (χ1v) is 9.78. The number of hydrogen-bond acceptors (Lipinski definition) is 4. The standard InChI is InChI=1S/C19H25FN6O3/c1-23-16-17(24(2)19(23)29)26(18(28)22-16)11-15(27)21-12-6-7-14(13(20)10-12)25-8-4-3-5-9-25/h6-7,10,16-17H,3-5,8-9,11H2,1-2H3,(H,21,27)(H,22,28)/t16-,17+/m0/s1. The number of hydrogen-bond donors (Lipinski definition) is 2. The number of rotatable bonds is 4. The topological polar surface area (TPSA) is 88.2 Å². The van der Waals surface area contributed by atoms with Crippen LogP contribution in [0.3, 0.4) is 0 Å². The van der Waals surface area contributed by atoms with Crippen LogP contribution >= 0.6 is 0 Å². The molecule has 3 aliphatic rings. The second kappa shape index (κ2) is 7.41. The summed E-state index contributed by atoms with van der Waals surface area (Å²) in [6, 6.07) is 3.98. The van der Waals surface area contributed by atoms with Gasteiger partial charge in [0.2, 0.25) is 5.91 Å². The van der Waals surface area contributed by atoms with Crippen LogP contribution in [-0.2, 0) is 4.79 Å². The molecule has 0 aromatic heterocycles. The summed E-state index contributed by atoms with van der Waals surface area (Å²) in [5.41, 5.74) is 0.871. The minimum Gasteiger partial charge on any atom is -0.369 e. The number of amides is 5. The molecule has 0 radical (unpaired) electrons.